The fraction of sp³-hybridized carbons (Fsp3) is 0.792. The third kappa shape index (κ3) is 4.75. The molecule has 2 bridgehead atoms. The Morgan fingerprint density at radius 1 is 1.15 bits per heavy atom. The van der Waals surface area contributed by atoms with Crippen molar-refractivity contribution in [2.75, 3.05) is 44.7 Å². The molecule has 9 nitrogen and oxygen atoms in total. The molecule has 5 rings (SSSR count). The van der Waals surface area contributed by atoms with Crippen LogP contribution in [0.15, 0.2) is 0 Å². The van der Waals surface area contributed by atoms with Gasteiger partial charge in [-0.1, -0.05) is 0 Å². The van der Waals surface area contributed by atoms with E-state index in [2.05, 4.69) is 22.2 Å². The number of nitrogens with one attached hydrogen (secondary N) is 1. The van der Waals surface area contributed by atoms with E-state index in [1.165, 1.54) is 12.0 Å². The van der Waals surface area contributed by atoms with E-state index < -0.39 is 5.60 Å². The van der Waals surface area contributed by atoms with Gasteiger partial charge in [-0.05, 0) is 73.0 Å². The molecule has 4 aliphatic rings. The van der Waals surface area contributed by atoms with Crippen LogP contribution < -0.4 is 15.0 Å². The lowest BCUT2D eigenvalue weighted by molar-refractivity contribution is 0.0122. The van der Waals surface area contributed by atoms with Crippen molar-refractivity contribution in [1.82, 2.24) is 25.1 Å². The number of amides is 1. The maximum atomic E-state index is 12.9. The minimum atomic E-state index is -0.480. The smallest absolute Gasteiger partial charge is 0.410 e. The van der Waals surface area contributed by atoms with Crippen LogP contribution in [0.2, 0.25) is 0 Å². The molecule has 4 aliphatic heterocycles. The standard InChI is InChI=1S/C24H38N6O3/c1-24(2,3)33-23(31)30-16-7-8-17(30)14-29(13-16)21-19-9-10-25-12-20(19)26-22(27-21)32-15-18-6-5-11-28(18)4/h16-18,25H,5-15H2,1-4H3/t16-,17-,18-/m1/s1. The first-order valence-electron chi connectivity index (χ1n) is 12.5. The molecular formula is C24H38N6O3. The summed E-state index contributed by atoms with van der Waals surface area (Å²) in [7, 11) is 2.16. The molecule has 0 radical (unpaired) electrons. The first-order valence-corrected chi connectivity index (χ1v) is 12.5. The van der Waals surface area contributed by atoms with Crippen LogP contribution in [0.4, 0.5) is 10.6 Å². The van der Waals surface area contributed by atoms with E-state index in [0.717, 1.165) is 69.9 Å². The Morgan fingerprint density at radius 2 is 1.91 bits per heavy atom. The van der Waals surface area contributed by atoms with Gasteiger partial charge in [0.2, 0.25) is 0 Å². The zero-order valence-corrected chi connectivity index (χ0v) is 20.5. The number of hydrogen-bond acceptors (Lipinski definition) is 8. The zero-order valence-electron chi connectivity index (χ0n) is 20.5. The van der Waals surface area contributed by atoms with Gasteiger partial charge in [-0.3, -0.25) is 4.90 Å². The number of rotatable bonds is 4. The number of piperazine rings is 1. The predicted octanol–water partition coefficient (Wildman–Crippen LogP) is 2.18. The highest BCUT2D eigenvalue weighted by Crippen LogP contribution is 2.36. The van der Waals surface area contributed by atoms with Gasteiger partial charge in [0.15, 0.2) is 0 Å². The molecule has 3 saturated heterocycles. The number of carbonyl (C=O) groups excluding carboxylic acids is 1. The quantitative estimate of drug-likeness (QED) is 0.735. The Labute approximate surface area is 196 Å². The first kappa shape index (κ1) is 22.7. The molecule has 0 unspecified atom stereocenters. The fourth-order valence-corrected chi connectivity index (χ4v) is 5.69. The first-order chi connectivity index (χ1) is 15.8. The highest BCUT2D eigenvalue weighted by molar-refractivity contribution is 5.70. The van der Waals surface area contributed by atoms with Crippen molar-refractivity contribution in [3.63, 3.8) is 0 Å². The Kier molecular flexibility index (Phi) is 6.11. The third-order valence-electron chi connectivity index (χ3n) is 7.36. The second-order valence-electron chi connectivity index (χ2n) is 10.9. The van der Waals surface area contributed by atoms with Crippen molar-refractivity contribution < 1.29 is 14.3 Å². The van der Waals surface area contributed by atoms with Gasteiger partial charge >= 0.3 is 12.1 Å². The summed E-state index contributed by atoms with van der Waals surface area (Å²) in [4.78, 5) is 29.3. The molecule has 3 fully saturated rings. The van der Waals surface area contributed by atoms with Gasteiger partial charge in [-0.15, -0.1) is 0 Å². The molecule has 1 amide bonds. The van der Waals surface area contributed by atoms with E-state index >= 15 is 0 Å². The molecule has 0 saturated carbocycles. The molecule has 33 heavy (non-hydrogen) atoms. The molecule has 0 spiro atoms. The van der Waals surface area contributed by atoms with Crippen LogP contribution in [0.25, 0.3) is 0 Å². The van der Waals surface area contributed by atoms with Crippen LogP contribution in [-0.4, -0.2) is 89.4 Å². The van der Waals surface area contributed by atoms with Crippen LogP contribution in [-0.2, 0) is 17.7 Å². The summed E-state index contributed by atoms with van der Waals surface area (Å²) in [6.45, 7) is 10.8. The number of likely N-dealkylation sites (N-methyl/N-ethyl adjacent to an activating group) is 1. The zero-order chi connectivity index (χ0) is 23.2. The summed E-state index contributed by atoms with van der Waals surface area (Å²) < 4.78 is 11.8. The highest BCUT2D eigenvalue weighted by Gasteiger charge is 2.45. The molecule has 9 heteroatoms. The van der Waals surface area contributed by atoms with Crippen molar-refractivity contribution in [3.05, 3.63) is 11.3 Å². The van der Waals surface area contributed by atoms with Gasteiger partial charge in [0.05, 0.1) is 17.8 Å². The van der Waals surface area contributed by atoms with Crippen molar-refractivity contribution in [1.29, 1.82) is 0 Å². The number of aromatic nitrogens is 2. The second-order valence-corrected chi connectivity index (χ2v) is 10.9. The Balaban J connectivity index is 1.35. The van der Waals surface area contributed by atoms with Gasteiger partial charge < -0.3 is 24.6 Å². The van der Waals surface area contributed by atoms with Gasteiger partial charge in [-0.25, -0.2) is 4.79 Å². The van der Waals surface area contributed by atoms with Crippen LogP contribution in [0.5, 0.6) is 6.01 Å². The molecule has 5 heterocycles. The molecule has 0 aliphatic carbocycles. The Hall–Kier alpha value is -2.13. The average molecular weight is 459 g/mol. The molecule has 182 valence electrons. The summed E-state index contributed by atoms with van der Waals surface area (Å²) in [6.07, 6.45) is 5.12. The number of anilines is 1. The van der Waals surface area contributed by atoms with Crippen LogP contribution in [0.1, 0.15) is 57.7 Å². The van der Waals surface area contributed by atoms with Crippen LogP contribution in [0, 0.1) is 0 Å². The SMILES string of the molecule is CN1CCC[C@@H]1COc1nc2c(c(N3C[C@H]4CC[C@H](C3)N4C(=O)OC(C)(C)C)n1)CCNC2. The van der Waals surface area contributed by atoms with E-state index in [-0.39, 0.29) is 18.2 Å². The summed E-state index contributed by atoms with van der Waals surface area (Å²) in [5.41, 5.74) is 1.79. The summed E-state index contributed by atoms with van der Waals surface area (Å²) in [6, 6.07) is 1.22. The van der Waals surface area contributed by atoms with Gasteiger partial charge in [-0.2, -0.15) is 9.97 Å². The molecule has 1 aromatic heterocycles. The van der Waals surface area contributed by atoms with Crippen LogP contribution >= 0.6 is 0 Å². The molecule has 1 N–H and O–H groups in total. The van der Waals surface area contributed by atoms with E-state index in [0.29, 0.717) is 18.7 Å². The van der Waals surface area contributed by atoms with Gasteiger partial charge in [0, 0.05) is 31.2 Å². The topological polar surface area (TPSA) is 83.1 Å². The van der Waals surface area contributed by atoms with E-state index in [9.17, 15) is 4.79 Å². The summed E-state index contributed by atoms with van der Waals surface area (Å²) in [5, 5.41) is 3.43. The minimum absolute atomic E-state index is 0.155. The second kappa shape index (κ2) is 8.91. The molecule has 0 aromatic carbocycles. The number of carbonyl (C=O) groups is 1. The van der Waals surface area contributed by atoms with Crippen LogP contribution in [0.3, 0.4) is 0 Å². The highest BCUT2D eigenvalue weighted by atomic mass is 16.6. The Morgan fingerprint density at radius 3 is 2.58 bits per heavy atom. The van der Waals surface area contributed by atoms with Crippen molar-refractivity contribution in [3.8, 4) is 6.01 Å². The lowest BCUT2D eigenvalue weighted by atomic mass is 10.1. The van der Waals surface area contributed by atoms with E-state index in [1.54, 1.807) is 0 Å². The average Bonchev–Trinajstić information content (AvgIpc) is 3.29. The number of fused-ring (bicyclic) bond motifs is 3. The van der Waals surface area contributed by atoms with Gasteiger partial charge in [0.25, 0.3) is 0 Å². The normalized spacial score (nSPS) is 27.6. The lowest BCUT2D eigenvalue weighted by Crippen LogP contribution is -2.57. The largest absolute Gasteiger partial charge is 0.462 e. The van der Waals surface area contributed by atoms with Crippen molar-refractivity contribution in [2.24, 2.45) is 0 Å². The summed E-state index contributed by atoms with van der Waals surface area (Å²) >= 11 is 0. The van der Waals surface area contributed by atoms with Crippen molar-refractivity contribution >= 4 is 11.9 Å². The maximum absolute atomic E-state index is 12.9. The Bertz CT molecular complexity index is 874. The molecular weight excluding hydrogens is 420 g/mol. The number of likely N-dealkylation sites (tertiary alicyclic amines) is 1. The fourth-order valence-electron chi connectivity index (χ4n) is 5.69. The van der Waals surface area contributed by atoms with E-state index in [4.69, 9.17) is 19.4 Å². The molecule has 3 atom stereocenters. The van der Waals surface area contributed by atoms with Crippen molar-refractivity contribution in [2.45, 2.75) is 83.1 Å². The monoisotopic (exact) mass is 458 g/mol. The minimum Gasteiger partial charge on any atom is -0.462 e. The van der Waals surface area contributed by atoms with Gasteiger partial charge in [0.1, 0.15) is 18.0 Å². The third-order valence-corrected chi connectivity index (χ3v) is 7.36. The number of nitrogens with zero attached hydrogens (tertiary/aromatic N) is 5. The number of ether oxygens (including phenoxy) is 2. The summed E-state index contributed by atoms with van der Waals surface area (Å²) in [5.74, 6) is 0.997. The maximum Gasteiger partial charge on any atom is 0.410 e. The number of hydrogen-bond donors (Lipinski definition) is 1. The lowest BCUT2D eigenvalue weighted by Gasteiger charge is -2.42. The predicted molar refractivity (Wildman–Crippen MR) is 126 cm³/mol. The molecule has 1 aromatic rings. The van der Waals surface area contributed by atoms with E-state index in [1.807, 2.05) is 25.7 Å².